The number of fused-ring (bicyclic) bond motifs is 1. The van der Waals surface area contributed by atoms with Crippen LogP contribution in [0.2, 0.25) is 0 Å². The van der Waals surface area contributed by atoms with Crippen LogP contribution < -0.4 is 20.3 Å². The molecular weight excluding hydrogens is 392 g/mol. The van der Waals surface area contributed by atoms with Gasteiger partial charge in [0.2, 0.25) is 5.91 Å². The molecule has 1 aliphatic heterocycles. The summed E-state index contributed by atoms with van der Waals surface area (Å²) < 4.78 is 5.71. The molecule has 31 heavy (non-hydrogen) atoms. The number of likely N-dealkylation sites (N-methyl/N-ethyl adjacent to an activating group) is 1. The molecule has 0 spiro atoms. The summed E-state index contributed by atoms with van der Waals surface area (Å²) in [6.45, 7) is 7.30. The van der Waals surface area contributed by atoms with Crippen molar-refractivity contribution in [2.75, 3.05) is 44.0 Å². The zero-order valence-electron chi connectivity index (χ0n) is 18.9. The molecule has 7 nitrogen and oxygen atoms in total. The summed E-state index contributed by atoms with van der Waals surface area (Å²) in [5.74, 6) is 0.665. The highest BCUT2D eigenvalue weighted by atomic mass is 16.5. The second kappa shape index (κ2) is 9.39. The van der Waals surface area contributed by atoms with E-state index in [1.165, 1.54) is 0 Å². The maximum atomic E-state index is 12.9. The first-order valence-corrected chi connectivity index (χ1v) is 10.5. The lowest BCUT2D eigenvalue weighted by Crippen LogP contribution is -2.44. The van der Waals surface area contributed by atoms with Gasteiger partial charge in [0.25, 0.3) is 0 Å². The van der Waals surface area contributed by atoms with Crippen molar-refractivity contribution in [2.24, 2.45) is 5.41 Å². The smallest absolute Gasteiger partial charge is 0.319 e. The lowest BCUT2D eigenvalue weighted by molar-refractivity contribution is -0.126. The minimum absolute atomic E-state index is 0.0220. The molecule has 1 unspecified atom stereocenters. The Hall–Kier alpha value is -3.06. The normalized spacial score (nSPS) is 14.5. The molecule has 1 atom stereocenters. The maximum Gasteiger partial charge on any atom is 0.319 e. The van der Waals surface area contributed by atoms with E-state index in [1.54, 1.807) is 23.1 Å². The van der Waals surface area contributed by atoms with Crippen molar-refractivity contribution in [3.05, 3.63) is 54.1 Å². The highest BCUT2D eigenvalue weighted by Crippen LogP contribution is 2.36. The molecule has 0 aliphatic carbocycles. The van der Waals surface area contributed by atoms with Gasteiger partial charge in [-0.25, -0.2) is 4.79 Å². The van der Waals surface area contributed by atoms with Gasteiger partial charge in [-0.15, -0.1) is 0 Å². The molecule has 2 aromatic rings. The van der Waals surface area contributed by atoms with Crippen molar-refractivity contribution in [2.45, 2.75) is 26.8 Å². The summed E-state index contributed by atoms with van der Waals surface area (Å²) in [7, 11) is 3.94. The molecule has 0 fully saturated rings. The second-order valence-electron chi connectivity index (χ2n) is 9.06. The third-order valence-electron chi connectivity index (χ3n) is 5.02. The van der Waals surface area contributed by atoms with Crippen molar-refractivity contribution in [3.63, 3.8) is 0 Å². The minimum Gasteiger partial charge on any atom is -0.490 e. The fourth-order valence-electron chi connectivity index (χ4n) is 3.52. The lowest BCUT2D eigenvalue weighted by atomic mass is 9.94. The number of ether oxygens (including phenoxy) is 1. The Balaban J connectivity index is 1.76. The number of hydrogen-bond acceptors (Lipinski definition) is 4. The van der Waals surface area contributed by atoms with Crippen molar-refractivity contribution >= 4 is 23.3 Å². The molecule has 2 aromatic carbocycles. The van der Waals surface area contributed by atoms with Crippen molar-refractivity contribution in [1.29, 1.82) is 0 Å². The first kappa shape index (κ1) is 22.6. The summed E-state index contributed by atoms with van der Waals surface area (Å²) in [5, 5.41) is 5.95. The van der Waals surface area contributed by atoms with Gasteiger partial charge in [-0.2, -0.15) is 0 Å². The van der Waals surface area contributed by atoms with Crippen LogP contribution in [-0.2, 0) is 4.79 Å². The van der Waals surface area contributed by atoms with Crippen LogP contribution in [0.3, 0.4) is 0 Å². The zero-order chi connectivity index (χ0) is 22.6. The van der Waals surface area contributed by atoms with Gasteiger partial charge in [-0.1, -0.05) is 51.1 Å². The highest BCUT2D eigenvalue weighted by Gasteiger charge is 2.32. The Morgan fingerprint density at radius 3 is 2.48 bits per heavy atom. The van der Waals surface area contributed by atoms with E-state index in [0.717, 1.165) is 5.56 Å². The quantitative estimate of drug-likeness (QED) is 0.764. The molecular formula is C24H32N4O3. The third-order valence-corrected chi connectivity index (χ3v) is 5.02. The summed E-state index contributed by atoms with van der Waals surface area (Å²) in [6, 6.07) is 14.8. The van der Waals surface area contributed by atoms with E-state index < -0.39 is 5.41 Å². The number of urea groups is 1. The second-order valence-corrected chi connectivity index (χ2v) is 9.06. The number of nitrogens with one attached hydrogen (secondary N) is 2. The minimum atomic E-state index is -0.509. The molecule has 7 heteroatoms. The van der Waals surface area contributed by atoms with E-state index in [4.69, 9.17) is 4.74 Å². The van der Waals surface area contributed by atoms with Gasteiger partial charge in [0.15, 0.2) is 0 Å². The molecule has 1 aliphatic rings. The fourth-order valence-corrected chi connectivity index (χ4v) is 3.52. The number of amides is 3. The van der Waals surface area contributed by atoms with Crippen LogP contribution in [0.5, 0.6) is 5.75 Å². The zero-order valence-corrected chi connectivity index (χ0v) is 18.9. The molecule has 0 radical (unpaired) electrons. The van der Waals surface area contributed by atoms with Crippen LogP contribution >= 0.6 is 0 Å². The van der Waals surface area contributed by atoms with Crippen LogP contribution in [0.15, 0.2) is 48.5 Å². The largest absolute Gasteiger partial charge is 0.490 e. The SMILES string of the molecule is CN(C)CC(NC(=O)Nc1ccc2c(c1)N(C(=O)C(C)(C)C)CCO2)c1ccccc1. The Labute approximate surface area is 184 Å². The van der Waals surface area contributed by atoms with Crippen LogP contribution in [0, 0.1) is 5.41 Å². The molecule has 3 rings (SSSR count). The standard InChI is InChI=1S/C24H32N4O3/c1-24(2,3)22(29)28-13-14-31-21-12-11-18(15-20(21)28)25-23(30)26-19(16-27(4)5)17-9-7-6-8-10-17/h6-12,15,19H,13-14,16H2,1-5H3,(H2,25,26,30). The average molecular weight is 425 g/mol. The van der Waals surface area contributed by atoms with Crippen LogP contribution in [-0.4, -0.2) is 50.6 Å². The Morgan fingerprint density at radius 1 is 1.13 bits per heavy atom. The van der Waals surface area contributed by atoms with E-state index in [1.807, 2.05) is 70.1 Å². The van der Waals surface area contributed by atoms with E-state index in [9.17, 15) is 9.59 Å². The number of carbonyl (C=O) groups is 2. The molecule has 2 N–H and O–H groups in total. The third kappa shape index (κ3) is 5.76. The number of rotatable bonds is 5. The lowest BCUT2D eigenvalue weighted by Gasteiger charge is -2.34. The Morgan fingerprint density at radius 2 is 1.84 bits per heavy atom. The first-order chi connectivity index (χ1) is 14.6. The van der Waals surface area contributed by atoms with Crippen molar-refractivity contribution < 1.29 is 14.3 Å². The van der Waals surface area contributed by atoms with E-state index >= 15 is 0 Å². The summed E-state index contributed by atoms with van der Waals surface area (Å²) >= 11 is 0. The van der Waals surface area contributed by atoms with Gasteiger partial charge in [0, 0.05) is 17.6 Å². The molecule has 0 saturated heterocycles. The predicted molar refractivity (Wildman–Crippen MR) is 124 cm³/mol. The van der Waals surface area contributed by atoms with E-state index in [0.29, 0.717) is 36.8 Å². The number of carbonyl (C=O) groups excluding carboxylic acids is 2. The summed E-state index contributed by atoms with van der Waals surface area (Å²) in [4.78, 5) is 29.4. The molecule has 0 aromatic heterocycles. The van der Waals surface area contributed by atoms with Gasteiger partial charge in [0.05, 0.1) is 18.3 Å². The maximum absolute atomic E-state index is 12.9. The van der Waals surface area contributed by atoms with Crippen molar-refractivity contribution in [3.8, 4) is 5.75 Å². The highest BCUT2D eigenvalue weighted by molar-refractivity contribution is 6.00. The van der Waals surface area contributed by atoms with Crippen LogP contribution in [0.4, 0.5) is 16.2 Å². The molecule has 166 valence electrons. The predicted octanol–water partition coefficient (Wildman–Crippen LogP) is 3.88. The number of benzene rings is 2. The van der Waals surface area contributed by atoms with Gasteiger partial charge in [-0.05, 0) is 37.9 Å². The Kier molecular flexibility index (Phi) is 6.85. The van der Waals surface area contributed by atoms with Gasteiger partial charge in [-0.3, -0.25) is 4.79 Å². The topological polar surface area (TPSA) is 73.9 Å². The van der Waals surface area contributed by atoms with Gasteiger partial charge < -0.3 is 25.2 Å². The van der Waals surface area contributed by atoms with E-state index in [-0.39, 0.29) is 18.0 Å². The number of hydrogen-bond donors (Lipinski definition) is 2. The van der Waals surface area contributed by atoms with Crippen LogP contribution in [0.1, 0.15) is 32.4 Å². The first-order valence-electron chi connectivity index (χ1n) is 10.5. The van der Waals surface area contributed by atoms with E-state index in [2.05, 4.69) is 10.6 Å². The monoisotopic (exact) mass is 424 g/mol. The van der Waals surface area contributed by atoms with Crippen LogP contribution in [0.25, 0.3) is 0 Å². The molecule has 1 heterocycles. The number of nitrogens with zero attached hydrogens (tertiary/aromatic N) is 2. The van der Waals surface area contributed by atoms with Gasteiger partial charge in [0.1, 0.15) is 12.4 Å². The summed E-state index contributed by atoms with van der Waals surface area (Å²) in [6.07, 6.45) is 0. The molecule has 3 amide bonds. The van der Waals surface area contributed by atoms with Gasteiger partial charge >= 0.3 is 6.03 Å². The summed E-state index contributed by atoms with van der Waals surface area (Å²) in [5.41, 5.74) is 1.80. The van der Waals surface area contributed by atoms with Crippen molar-refractivity contribution in [1.82, 2.24) is 10.2 Å². The number of anilines is 2. The average Bonchev–Trinajstić information content (AvgIpc) is 2.72. The fraction of sp³-hybridized carbons (Fsp3) is 0.417. The molecule has 0 saturated carbocycles. The molecule has 0 bridgehead atoms. The Bertz CT molecular complexity index is 922.